The third kappa shape index (κ3) is 2.88. The fourth-order valence-corrected chi connectivity index (χ4v) is 3.19. The standard InChI is InChI=1S/C20H20N4O2/c21-18(26)20(11-12-20)19-22-17(16(25)15-9-5-2-6-10-15)23-24(19)13-14-7-3-1-4-8-14/h1-10,16,25H,11-13H2,(H2,21,26). The molecule has 0 saturated heterocycles. The Labute approximate surface area is 151 Å². The summed E-state index contributed by atoms with van der Waals surface area (Å²) < 4.78 is 1.70. The quantitative estimate of drug-likeness (QED) is 0.712. The first-order valence-corrected chi connectivity index (χ1v) is 8.62. The number of hydrogen-bond acceptors (Lipinski definition) is 4. The van der Waals surface area contributed by atoms with Crippen LogP contribution in [0.1, 0.15) is 41.7 Å². The molecule has 4 rings (SSSR count). The largest absolute Gasteiger partial charge is 0.380 e. The van der Waals surface area contributed by atoms with Crippen molar-refractivity contribution in [1.82, 2.24) is 14.8 Å². The Morgan fingerprint density at radius 2 is 1.73 bits per heavy atom. The summed E-state index contributed by atoms with van der Waals surface area (Å²) in [5, 5.41) is 15.2. The van der Waals surface area contributed by atoms with Crippen molar-refractivity contribution in [2.45, 2.75) is 30.9 Å². The molecule has 0 aliphatic heterocycles. The highest BCUT2D eigenvalue weighted by atomic mass is 16.3. The van der Waals surface area contributed by atoms with Gasteiger partial charge in [0.2, 0.25) is 5.91 Å². The van der Waals surface area contributed by atoms with Gasteiger partial charge in [0, 0.05) is 0 Å². The van der Waals surface area contributed by atoms with Gasteiger partial charge in [-0.2, -0.15) is 5.10 Å². The van der Waals surface area contributed by atoms with E-state index in [1.54, 1.807) is 4.68 Å². The number of nitrogens with zero attached hydrogens (tertiary/aromatic N) is 3. The molecule has 1 saturated carbocycles. The lowest BCUT2D eigenvalue weighted by molar-refractivity contribution is -0.120. The van der Waals surface area contributed by atoms with E-state index < -0.39 is 11.5 Å². The smallest absolute Gasteiger partial charge is 0.231 e. The molecule has 0 spiro atoms. The van der Waals surface area contributed by atoms with Gasteiger partial charge in [-0.1, -0.05) is 60.7 Å². The number of rotatable bonds is 6. The number of hydrogen-bond donors (Lipinski definition) is 2. The molecule has 26 heavy (non-hydrogen) atoms. The molecular formula is C20H20N4O2. The zero-order chi connectivity index (χ0) is 18.1. The van der Waals surface area contributed by atoms with Crippen molar-refractivity contribution in [3.05, 3.63) is 83.4 Å². The first-order valence-electron chi connectivity index (χ1n) is 8.62. The van der Waals surface area contributed by atoms with Crippen molar-refractivity contribution >= 4 is 5.91 Å². The van der Waals surface area contributed by atoms with E-state index in [1.165, 1.54) is 0 Å². The number of benzene rings is 2. The number of aromatic nitrogens is 3. The van der Waals surface area contributed by atoms with Gasteiger partial charge in [-0.15, -0.1) is 0 Å². The first kappa shape index (κ1) is 16.5. The van der Waals surface area contributed by atoms with E-state index in [-0.39, 0.29) is 11.7 Å². The summed E-state index contributed by atoms with van der Waals surface area (Å²) in [6.45, 7) is 0.472. The molecule has 1 aromatic heterocycles. The summed E-state index contributed by atoms with van der Waals surface area (Å²) in [7, 11) is 0. The van der Waals surface area contributed by atoms with E-state index in [0.29, 0.717) is 30.8 Å². The van der Waals surface area contributed by atoms with Crippen molar-refractivity contribution in [2.24, 2.45) is 5.73 Å². The van der Waals surface area contributed by atoms with Gasteiger partial charge in [0.25, 0.3) is 0 Å². The van der Waals surface area contributed by atoms with Crippen LogP contribution < -0.4 is 5.73 Å². The zero-order valence-electron chi connectivity index (χ0n) is 14.2. The molecule has 0 bridgehead atoms. The fourth-order valence-electron chi connectivity index (χ4n) is 3.19. The van der Waals surface area contributed by atoms with Crippen molar-refractivity contribution in [3.63, 3.8) is 0 Å². The van der Waals surface area contributed by atoms with Gasteiger partial charge in [-0.05, 0) is 24.0 Å². The van der Waals surface area contributed by atoms with E-state index in [1.807, 2.05) is 60.7 Å². The van der Waals surface area contributed by atoms with E-state index in [0.717, 1.165) is 5.56 Å². The van der Waals surface area contributed by atoms with Crippen LogP contribution >= 0.6 is 0 Å². The van der Waals surface area contributed by atoms with Crippen LogP contribution in [0.15, 0.2) is 60.7 Å². The van der Waals surface area contributed by atoms with Gasteiger partial charge in [0.15, 0.2) is 5.82 Å². The zero-order valence-corrected chi connectivity index (χ0v) is 14.2. The molecule has 1 amide bonds. The second kappa shape index (κ2) is 6.38. The molecule has 6 heteroatoms. The number of amides is 1. The maximum atomic E-state index is 12.0. The molecule has 1 unspecified atom stereocenters. The van der Waals surface area contributed by atoms with E-state index in [9.17, 15) is 9.90 Å². The summed E-state index contributed by atoms with van der Waals surface area (Å²) in [4.78, 5) is 16.6. The average Bonchev–Trinajstić information content (AvgIpc) is 3.38. The predicted octanol–water partition coefficient (Wildman–Crippen LogP) is 1.92. The molecule has 1 atom stereocenters. The second-order valence-electron chi connectivity index (χ2n) is 6.70. The molecule has 6 nitrogen and oxygen atoms in total. The highest BCUT2D eigenvalue weighted by molar-refractivity contribution is 5.88. The van der Waals surface area contributed by atoms with Crippen LogP contribution in [0.3, 0.4) is 0 Å². The highest BCUT2D eigenvalue weighted by Gasteiger charge is 2.54. The molecule has 1 heterocycles. The van der Waals surface area contributed by atoms with Crippen LogP contribution in [0.2, 0.25) is 0 Å². The summed E-state index contributed by atoms with van der Waals surface area (Å²) in [5.41, 5.74) is 6.62. The van der Waals surface area contributed by atoms with Crippen LogP contribution in [-0.2, 0) is 16.8 Å². The molecule has 3 aromatic rings. The van der Waals surface area contributed by atoms with Crippen LogP contribution in [0.4, 0.5) is 0 Å². The highest BCUT2D eigenvalue weighted by Crippen LogP contribution is 2.47. The number of aliphatic hydroxyl groups excluding tert-OH is 1. The molecule has 132 valence electrons. The van der Waals surface area contributed by atoms with E-state index in [4.69, 9.17) is 5.73 Å². The van der Waals surface area contributed by atoms with E-state index in [2.05, 4.69) is 10.1 Å². The number of carbonyl (C=O) groups excluding carboxylic acids is 1. The first-order chi connectivity index (χ1) is 12.6. The van der Waals surface area contributed by atoms with Gasteiger partial charge >= 0.3 is 0 Å². The Morgan fingerprint density at radius 3 is 2.31 bits per heavy atom. The van der Waals surface area contributed by atoms with Crippen molar-refractivity contribution in [2.75, 3.05) is 0 Å². The second-order valence-corrected chi connectivity index (χ2v) is 6.70. The number of aliphatic hydroxyl groups is 1. The molecule has 2 aromatic carbocycles. The molecule has 1 fully saturated rings. The SMILES string of the molecule is NC(=O)C1(c2nc(C(O)c3ccccc3)nn2Cc2ccccc2)CC1. The Balaban J connectivity index is 1.74. The Morgan fingerprint density at radius 1 is 1.12 bits per heavy atom. The van der Waals surface area contributed by atoms with Crippen molar-refractivity contribution in [1.29, 1.82) is 0 Å². The maximum Gasteiger partial charge on any atom is 0.231 e. The number of carbonyl (C=O) groups is 1. The van der Waals surface area contributed by atoms with Crippen LogP contribution in [0, 0.1) is 0 Å². The topological polar surface area (TPSA) is 94.0 Å². The van der Waals surface area contributed by atoms with Crippen molar-refractivity contribution in [3.8, 4) is 0 Å². The number of primary amides is 1. The third-order valence-electron chi connectivity index (χ3n) is 4.87. The van der Waals surface area contributed by atoms with Gasteiger partial charge < -0.3 is 10.8 Å². The number of nitrogens with two attached hydrogens (primary N) is 1. The van der Waals surface area contributed by atoms with Crippen molar-refractivity contribution < 1.29 is 9.90 Å². The summed E-state index contributed by atoms with van der Waals surface area (Å²) in [6, 6.07) is 19.1. The minimum atomic E-state index is -0.948. The van der Waals surface area contributed by atoms with Gasteiger partial charge in [0.05, 0.1) is 6.54 Å². The minimum Gasteiger partial charge on any atom is -0.380 e. The molecule has 1 aliphatic rings. The lowest BCUT2D eigenvalue weighted by Gasteiger charge is -2.12. The lowest BCUT2D eigenvalue weighted by atomic mass is 10.1. The van der Waals surface area contributed by atoms with Crippen LogP contribution in [-0.4, -0.2) is 25.8 Å². The summed E-state index contributed by atoms with van der Waals surface area (Å²) >= 11 is 0. The molecular weight excluding hydrogens is 328 g/mol. The normalized spacial score (nSPS) is 16.2. The predicted molar refractivity (Wildman–Crippen MR) is 96.2 cm³/mol. The minimum absolute atomic E-state index is 0.287. The summed E-state index contributed by atoms with van der Waals surface area (Å²) in [5.74, 6) is 0.438. The maximum absolute atomic E-state index is 12.0. The average molecular weight is 348 g/mol. The van der Waals surface area contributed by atoms with Gasteiger partial charge in [0.1, 0.15) is 17.3 Å². The van der Waals surface area contributed by atoms with Gasteiger partial charge in [-0.3, -0.25) is 4.79 Å². The lowest BCUT2D eigenvalue weighted by Crippen LogP contribution is -2.31. The Hall–Kier alpha value is -2.99. The molecule has 3 N–H and O–H groups in total. The van der Waals surface area contributed by atoms with Crippen LogP contribution in [0.25, 0.3) is 0 Å². The monoisotopic (exact) mass is 348 g/mol. The Kier molecular flexibility index (Phi) is 4.05. The van der Waals surface area contributed by atoms with E-state index >= 15 is 0 Å². The van der Waals surface area contributed by atoms with Gasteiger partial charge in [-0.25, -0.2) is 9.67 Å². The van der Waals surface area contributed by atoms with Crippen LogP contribution in [0.5, 0.6) is 0 Å². The Bertz CT molecular complexity index is 917. The molecule has 1 aliphatic carbocycles. The third-order valence-corrected chi connectivity index (χ3v) is 4.87. The molecule has 0 radical (unpaired) electrons. The summed E-state index contributed by atoms with van der Waals surface area (Å²) in [6.07, 6.45) is 0.378. The fraction of sp³-hybridized carbons (Fsp3) is 0.250.